The van der Waals surface area contributed by atoms with Crippen molar-refractivity contribution in [2.45, 2.75) is 57.8 Å². The normalized spacial score (nSPS) is 16.6. The van der Waals surface area contributed by atoms with E-state index in [-0.39, 0.29) is 12.0 Å². The summed E-state index contributed by atoms with van der Waals surface area (Å²) in [6.07, 6.45) is 10.1. The van der Waals surface area contributed by atoms with Crippen LogP contribution in [0.2, 0.25) is 0 Å². The summed E-state index contributed by atoms with van der Waals surface area (Å²) in [5.41, 5.74) is 2.27. The summed E-state index contributed by atoms with van der Waals surface area (Å²) in [5, 5.41) is 12.1. The molecule has 2 aromatic rings. The van der Waals surface area contributed by atoms with E-state index in [1.165, 1.54) is 0 Å². The van der Waals surface area contributed by atoms with Crippen molar-refractivity contribution in [1.29, 1.82) is 5.26 Å². The molecule has 0 saturated carbocycles. The monoisotopic (exact) mass is 426 g/mol. The first kappa shape index (κ1) is 21.4. The molecular formula is C23H28F2N6. The topological polar surface area (TPSA) is 77.7 Å². The van der Waals surface area contributed by atoms with Crippen LogP contribution >= 0.6 is 0 Å². The first-order valence-corrected chi connectivity index (χ1v) is 11.2. The van der Waals surface area contributed by atoms with Crippen molar-refractivity contribution < 1.29 is 8.78 Å². The summed E-state index contributed by atoms with van der Waals surface area (Å²) in [6, 6.07) is 2.24. The maximum absolute atomic E-state index is 13.9. The lowest BCUT2D eigenvalue weighted by Gasteiger charge is -2.33. The third-order valence-electron chi connectivity index (χ3n) is 6.35. The number of hydrogen-bond acceptors (Lipinski definition) is 6. The SMILES string of the molecule is N#CCCC1CCN(c2nc3c(c(NCCc4c(F)cncc4F)n2)CCCC3)CC1. The van der Waals surface area contributed by atoms with Crippen LogP contribution in [0.25, 0.3) is 0 Å². The van der Waals surface area contributed by atoms with Crippen molar-refractivity contribution in [2.75, 3.05) is 29.9 Å². The van der Waals surface area contributed by atoms with Crippen molar-refractivity contribution in [2.24, 2.45) is 5.92 Å². The fourth-order valence-electron chi connectivity index (χ4n) is 4.54. The van der Waals surface area contributed by atoms with Gasteiger partial charge in [0.2, 0.25) is 5.95 Å². The van der Waals surface area contributed by atoms with Crippen molar-refractivity contribution in [3.8, 4) is 6.07 Å². The zero-order valence-corrected chi connectivity index (χ0v) is 17.7. The van der Waals surface area contributed by atoms with Crippen LogP contribution in [0.5, 0.6) is 0 Å². The number of aromatic nitrogens is 3. The van der Waals surface area contributed by atoms with Crippen molar-refractivity contribution in [1.82, 2.24) is 15.0 Å². The van der Waals surface area contributed by atoms with Crippen LogP contribution in [-0.4, -0.2) is 34.6 Å². The van der Waals surface area contributed by atoms with E-state index in [0.717, 1.165) is 93.5 Å². The predicted octanol–water partition coefficient (Wildman–Crippen LogP) is 4.20. The summed E-state index contributed by atoms with van der Waals surface area (Å²) in [4.78, 5) is 15.5. The molecule has 0 radical (unpaired) electrons. The van der Waals surface area contributed by atoms with Crippen molar-refractivity contribution >= 4 is 11.8 Å². The molecule has 0 bridgehead atoms. The molecule has 1 N–H and O–H groups in total. The molecule has 4 rings (SSSR count). The molecule has 6 nitrogen and oxygen atoms in total. The van der Waals surface area contributed by atoms with Crippen LogP contribution in [0, 0.1) is 28.9 Å². The summed E-state index contributed by atoms with van der Waals surface area (Å²) in [5.74, 6) is 0.888. The molecule has 8 heteroatoms. The van der Waals surface area contributed by atoms with Gasteiger partial charge in [0.25, 0.3) is 0 Å². The van der Waals surface area contributed by atoms with E-state index in [0.29, 0.717) is 18.9 Å². The van der Waals surface area contributed by atoms with E-state index in [1.807, 2.05) is 0 Å². The fourth-order valence-corrected chi connectivity index (χ4v) is 4.54. The number of piperidine rings is 1. The van der Waals surface area contributed by atoms with Gasteiger partial charge in [0.15, 0.2) is 0 Å². The zero-order chi connectivity index (χ0) is 21.6. The van der Waals surface area contributed by atoms with Gasteiger partial charge in [0, 0.05) is 37.2 Å². The van der Waals surface area contributed by atoms with Gasteiger partial charge < -0.3 is 10.2 Å². The molecule has 31 heavy (non-hydrogen) atoms. The second-order valence-corrected chi connectivity index (χ2v) is 8.39. The second kappa shape index (κ2) is 9.99. The Morgan fingerprint density at radius 1 is 1.10 bits per heavy atom. The Morgan fingerprint density at radius 3 is 2.58 bits per heavy atom. The third-order valence-corrected chi connectivity index (χ3v) is 6.35. The highest BCUT2D eigenvalue weighted by Crippen LogP contribution is 2.30. The average Bonchev–Trinajstić information content (AvgIpc) is 2.79. The van der Waals surface area contributed by atoms with Gasteiger partial charge in [0.1, 0.15) is 17.5 Å². The molecule has 164 valence electrons. The molecule has 0 amide bonds. The summed E-state index contributed by atoms with van der Waals surface area (Å²) >= 11 is 0. The highest BCUT2D eigenvalue weighted by atomic mass is 19.1. The minimum Gasteiger partial charge on any atom is -0.369 e. The van der Waals surface area contributed by atoms with Crippen LogP contribution in [0.1, 0.15) is 55.3 Å². The Morgan fingerprint density at radius 2 is 1.84 bits per heavy atom. The first-order chi connectivity index (χ1) is 15.2. The minimum atomic E-state index is -0.619. The highest BCUT2D eigenvalue weighted by Gasteiger charge is 2.24. The number of hydrogen-bond donors (Lipinski definition) is 1. The van der Waals surface area contributed by atoms with Crippen LogP contribution in [0.3, 0.4) is 0 Å². The van der Waals surface area contributed by atoms with Crippen LogP contribution in [0.15, 0.2) is 12.4 Å². The molecule has 0 atom stereocenters. The van der Waals surface area contributed by atoms with Crippen LogP contribution in [-0.2, 0) is 19.3 Å². The quantitative estimate of drug-likeness (QED) is 0.715. The molecule has 1 aliphatic carbocycles. The molecule has 1 aliphatic heterocycles. The summed E-state index contributed by atoms with van der Waals surface area (Å²) in [7, 11) is 0. The van der Waals surface area contributed by atoms with Gasteiger partial charge in [0.05, 0.1) is 24.2 Å². The number of halogens is 2. The Labute approximate surface area is 181 Å². The van der Waals surface area contributed by atoms with Crippen molar-refractivity contribution in [3.63, 3.8) is 0 Å². The molecule has 0 aromatic carbocycles. The Balaban J connectivity index is 1.47. The van der Waals surface area contributed by atoms with E-state index in [1.54, 1.807) is 0 Å². The number of aryl methyl sites for hydroxylation is 1. The van der Waals surface area contributed by atoms with Gasteiger partial charge in [-0.3, -0.25) is 4.98 Å². The van der Waals surface area contributed by atoms with Gasteiger partial charge in [-0.05, 0) is 57.3 Å². The molecule has 2 aliphatic rings. The predicted molar refractivity (Wildman–Crippen MR) is 115 cm³/mol. The van der Waals surface area contributed by atoms with Gasteiger partial charge in [-0.25, -0.2) is 13.8 Å². The lowest BCUT2D eigenvalue weighted by atomic mass is 9.92. The van der Waals surface area contributed by atoms with E-state index >= 15 is 0 Å². The number of nitriles is 1. The highest BCUT2D eigenvalue weighted by molar-refractivity contribution is 5.52. The lowest BCUT2D eigenvalue weighted by Crippen LogP contribution is -2.35. The zero-order valence-electron chi connectivity index (χ0n) is 17.7. The van der Waals surface area contributed by atoms with Gasteiger partial charge in [-0.15, -0.1) is 0 Å². The Kier molecular flexibility index (Phi) is 6.90. The van der Waals surface area contributed by atoms with Crippen LogP contribution < -0.4 is 10.2 Å². The summed E-state index contributed by atoms with van der Waals surface area (Å²) < 4.78 is 27.8. The maximum atomic E-state index is 13.9. The van der Waals surface area contributed by atoms with Crippen LogP contribution in [0.4, 0.5) is 20.5 Å². The van der Waals surface area contributed by atoms with Gasteiger partial charge in [-0.2, -0.15) is 10.2 Å². The van der Waals surface area contributed by atoms with Crippen molar-refractivity contribution in [3.05, 3.63) is 40.8 Å². The van der Waals surface area contributed by atoms with E-state index in [2.05, 4.69) is 21.3 Å². The second-order valence-electron chi connectivity index (χ2n) is 8.39. The van der Waals surface area contributed by atoms with E-state index < -0.39 is 11.6 Å². The molecular weight excluding hydrogens is 398 g/mol. The number of nitrogens with zero attached hydrogens (tertiary/aromatic N) is 5. The number of fused-ring (bicyclic) bond motifs is 1. The standard InChI is InChI=1S/C23H28F2N6/c24-19-14-27-15-20(25)17(19)7-11-28-22-18-5-1-2-6-21(18)29-23(30-22)31-12-8-16(9-13-31)4-3-10-26/h14-16H,1-9,11-13H2,(H,28,29,30). The number of pyridine rings is 1. The molecule has 3 heterocycles. The first-order valence-electron chi connectivity index (χ1n) is 11.2. The van der Waals surface area contributed by atoms with E-state index in [9.17, 15) is 8.78 Å². The van der Waals surface area contributed by atoms with E-state index in [4.69, 9.17) is 15.2 Å². The molecule has 1 saturated heterocycles. The number of rotatable bonds is 7. The smallest absolute Gasteiger partial charge is 0.227 e. The molecule has 2 aromatic heterocycles. The largest absolute Gasteiger partial charge is 0.369 e. The minimum absolute atomic E-state index is 0.0464. The fraction of sp³-hybridized carbons (Fsp3) is 0.565. The number of anilines is 2. The van der Waals surface area contributed by atoms with Gasteiger partial charge >= 0.3 is 0 Å². The number of nitrogens with one attached hydrogen (secondary N) is 1. The average molecular weight is 427 g/mol. The molecule has 0 spiro atoms. The maximum Gasteiger partial charge on any atom is 0.227 e. The lowest BCUT2D eigenvalue weighted by molar-refractivity contribution is 0.382. The molecule has 0 unspecified atom stereocenters. The molecule has 1 fully saturated rings. The van der Waals surface area contributed by atoms with Gasteiger partial charge in [-0.1, -0.05) is 0 Å². The Bertz CT molecular complexity index is 930. The third kappa shape index (κ3) is 5.09. The summed E-state index contributed by atoms with van der Waals surface area (Å²) in [6.45, 7) is 2.17. The Hall–Kier alpha value is -2.82.